The summed E-state index contributed by atoms with van der Waals surface area (Å²) < 4.78 is 18.4. The lowest BCUT2D eigenvalue weighted by Gasteiger charge is -2.53. The van der Waals surface area contributed by atoms with E-state index in [1.165, 1.54) is 37.7 Å². The average Bonchev–Trinajstić information content (AvgIpc) is 3.27. The third-order valence-electron chi connectivity index (χ3n) is 10.7. The number of Topliss-reactive ketones (excluding diaryl/α,β-unsaturated/α-hetero) is 1. The smallest absolute Gasteiger partial charge is 0.166 e. The highest BCUT2D eigenvalue weighted by atomic mass is 79.9. The summed E-state index contributed by atoms with van der Waals surface area (Å²) in [5.41, 5.74) is 1.38. The third-order valence-corrected chi connectivity index (χ3v) is 11.6. The zero-order valence-electron chi connectivity index (χ0n) is 26.6. The fraction of sp³-hybridized carbons (Fsp3) is 0.800. The third kappa shape index (κ3) is 7.07. The molecule has 1 N–H and O–H groups in total. The minimum Gasteiger partial charge on any atom is -0.485 e. The molecule has 0 heterocycles. The molecule has 2 fully saturated rings. The fourth-order valence-corrected chi connectivity index (χ4v) is 8.85. The molecule has 5 nitrogen and oxygen atoms in total. The van der Waals surface area contributed by atoms with Crippen LogP contribution in [0.3, 0.4) is 0 Å². The van der Waals surface area contributed by atoms with Crippen molar-refractivity contribution < 1.29 is 24.1 Å². The van der Waals surface area contributed by atoms with Crippen molar-refractivity contribution in [2.45, 2.75) is 129 Å². The van der Waals surface area contributed by atoms with Gasteiger partial charge in [-0.1, -0.05) is 61.5 Å². The summed E-state index contributed by atoms with van der Waals surface area (Å²) in [6.07, 6.45) is 11.5. The largest absolute Gasteiger partial charge is 0.485 e. The number of alkyl halides is 1. The minimum absolute atomic E-state index is 0.00105. The maximum atomic E-state index is 14.6. The molecule has 5 unspecified atom stereocenters. The first-order valence-corrected chi connectivity index (χ1v) is 17.3. The van der Waals surface area contributed by atoms with Crippen molar-refractivity contribution >= 4 is 21.7 Å². The van der Waals surface area contributed by atoms with E-state index in [1.54, 1.807) is 7.11 Å². The van der Waals surface area contributed by atoms with E-state index in [1.807, 2.05) is 39.8 Å². The summed E-state index contributed by atoms with van der Waals surface area (Å²) in [6.45, 7) is 12.4. The highest BCUT2D eigenvalue weighted by molar-refractivity contribution is 9.09. The van der Waals surface area contributed by atoms with E-state index < -0.39 is 11.4 Å². The molecule has 7 atom stereocenters. The Balaban J connectivity index is 1.69. The van der Waals surface area contributed by atoms with Gasteiger partial charge in [0.15, 0.2) is 11.6 Å². The highest BCUT2D eigenvalue weighted by Gasteiger charge is 2.59. The van der Waals surface area contributed by atoms with Gasteiger partial charge in [-0.05, 0) is 113 Å². The molecule has 3 aliphatic rings. The first-order valence-electron chi connectivity index (χ1n) is 16.2. The standard InChI is InChI=1S/C35H55BrO5/c1-8-9-10-11-12-23(21-36)19-28-31-26(17-18-35(6)29(31)15-16-30(35)41-34(4,5)39-7)25-14-13-24(20-27(25)32(28)38)40-33(2,3)22-37/h13-14,20,23,26,28-31,37H,8-12,15-19,21-22H2,1-7H3/t23?,26?,28?,29?,30-,31?,35-/m0/s1. The molecule has 4 rings (SSSR count). The second kappa shape index (κ2) is 13.4. The molecule has 1 aromatic rings. The Hall–Kier alpha value is -0.950. The van der Waals surface area contributed by atoms with Crippen LogP contribution < -0.4 is 4.74 Å². The van der Waals surface area contributed by atoms with Gasteiger partial charge >= 0.3 is 0 Å². The van der Waals surface area contributed by atoms with Crippen molar-refractivity contribution in [1.29, 1.82) is 0 Å². The first-order chi connectivity index (χ1) is 19.4. The van der Waals surface area contributed by atoms with Crippen LogP contribution in [0.1, 0.15) is 128 Å². The molecule has 0 aliphatic heterocycles. The topological polar surface area (TPSA) is 65.0 Å². The number of ether oxygens (including phenoxy) is 3. The molecule has 6 heteroatoms. The molecule has 0 bridgehead atoms. The second-order valence-electron chi connectivity index (χ2n) is 14.5. The lowest BCUT2D eigenvalue weighted by atomic mass is 9.51. The van der Waals surface area contributed by atoms with E-state index in [-0.39, 0.29) is 24.0 Å². The van der Waals surface area contributed by atoms with Gasteiger partial charge in [0.1, 0.15) is 11.4 Å². The van der Waals surface area contributed by atoms with Gasteiger partial charge in [-0.3, -0.25) is 4.79 Å². The summed E-state index contributed by atoms with van der Waals surface area (Å²) in [4.78, 5) is 14.6. The number of halogens is 1. The maximum Gasteiger partial charge on any atom is 0.166 e. The number of unbranched alkanes of at least 4 members (excludes halogenated alkanes) is 3. The number of carbonyl (C=O) groups is 1. The van der Waals surface area contributed by atoms with Crippen molar-refractivity contribution in [2.24, 2.45) is 29.1 Å². The molecule has 0 saturated heterocycles. The Labute approximate surface area is 257 Å². The number of benzene rings is 1. The van der Waals surface area contributed by atoms with Gasteiger partial charge in [0.2, 0.25) is 0 Å². The van der Waals surface area contributed by atoms with Crippen molar-refractivity contribution in [3.05, 3.63) is 29.3 Å². The molecule has 3 aliphatic carbocycles. The molecule has 0 aromatic heterocycles. The summed E-state index contributed by atoms with van der Waals surface area (Å²) in [5.74, 6) is 1.97. The van der Waals surface area contributed by atoms with Crippen LogP contribution in [0.4, 0.5) is 0 Å². The quantitative estimate of drug-likeness (QED) is 0.126. The maximum absolute atomic E-state index is 14.6. The number of carbonyl (C=O) groups excluding carboxylic acids is 1. The molecule has 2 saturated carbocycles. The molecule has 41 heavy (non-hydrogen) atoms. The van der Waals surface area contributed by atoms with Crippen LogP contribution >= 0.6 is 15.9 Å². The Morgan fingerprint density at radius 1 is 1.12 bits per heavy atom. The van der Waals surface area contributed by atoms with Gasteiger partial charge in [-0.25, -0.2) is 0 Å². The van der Waals surface area contributed by atoms with Crippen molar-refractivity contribution in [1.82, 2.24) is 0 Å². The summed E-state index contributed by atoms with van der Waals surface area (Å²) in [6, 6.07) is 6.12. The van der Waals surface area contributed by atoms with E-state index in [0.29, 0.717) is 35.2 Å². The van der Waals surface area contributed by atoms with E-state index in [9.17, 15) is 9.90 Å². The Morgan fingerprint density at radius 3 is 2.54 bits per heavy atom. The van der Waals surface area contributed by atoms with Crippen molar-refractivity contribution in [3.8, 4) is 5.75 Å². The number of fused-ring (bicyclic) bond motifs is 5. The zero-order chi connectivity index (χ0) is 30.0. The molecule has 0 radical (unpaired) electrons. The number of methoxy groups -OCH3 is 1. The van der Waals surface area contributed by atoms with Crippen LogP contribution in [-0.2, 0) is 9.47 Å². The summed E-state index contributed by atoms with van der Waals surface area (Å²) >= 11 is 3.83. The highest BCUT2D eigenvalue weighted by Crippen LogP contribution is 2.64. The van der Waals surface area contributed by atoms with Gasteiger partial charge < -0.3 is 19.3 Å². The molecular weight excluding hydrogens is 580 g/mol. The van der Waals surface area contributed by atoms with E-state index in [0.717, 1.165) is 43.0 Å². The van der Waals surface area contributed by atoms with Crippen LogP contribution in [0, 0.1) is 29.1 Å². The molecule has 0 amide bonds. The van der Waals surface area contributed by atoms with Gasteiger partial charge in [0.25, 0.3) is 0 Å². The first kappa shape index (κ1) is 33.0. The van der Waals surface area contributed by atoms with Gasteiger partial charge in [-0.15, -0.1) is 0 Å². The Morgan fingerprint density at radius 2 is 1.88 bits per heavy atom. The fourth-order valence-electron chi connectivity index (χ4n) is 8.26. The van der Waals surface area contributed by atoms with Crippen LogP contribution in [-0.4, -0.2) is 47.4 Å². The van der Waals surface area contributed by atoms with Crippen molar-refractivity contribution in [3.63, 3.8) is 0 Å². The number of hydrogen-bond donors (Lipinski definition) is 1. The monoisotopic (exact) mass is 634 g/mol. The molecule has 1 aromatic carbocycles. The Bertz CT molecular complexity index is 1040. The van der Waals surface area contributed by atoms with Crippen LogP contribution in [0.25, 0.3) is 0 Å². The SMILES string of the molecule is CCCCCCC(CBr)CC1C(=O)c2cc(OC(C)(C)CO)ccc2C2CC[C@@]3(C)C(CC[C@@H]3OC(C)(C)OC)C12. The molecular formula is C35H55BrO5. The number of hydrogen-bond acceptors (Lipinski definition) is 5. The van der Waals surface area contributed by atoms with E-state index >= 15 is 0 Å². The van der Waals surface area contributed by atoms with Gasteiger partial charge in [-0.2, -0.15) is 0 Å². The lowest BCUT2D eigenvalue weighted by molar-refractivity contribution is -0.246. The number of rotatable bonds is 14. The summed E-state index contributed by atoms with van der Waals surface area (Å²) in [5, 5.41) is 10.7. The van der Waals surface area contributed by atoms with E-state index in [2.05, 4.69) is 35.8 Å². The number of aliphatic hydroxyl groups is 1. The van der Waals surface area contributed by atoms with Crippen molar-refractivity contribution in [2.75, 3.05) is 19.0 Å². The van der Waals surface area contributed by atoms with Crippen LogP contribution in [0.15, 0.2) is 18.2 Å². The molecule has 232 valence electrons. The van der Waals surface area contributed by atoms with Gasteiger partial charge in [0.05, 0.1) is 12.7 Å². The number of ketones is 1. The predicted octanol–water partition coefficient (Wildman–Crippen LogP) is 8.70. The van der Waals surface area contributed by atoms with Crippen LogP contribution in [0.2, 0.25) is 0 Å². The van der Waals surface area contributed by atoms with E-state index in [4.69, 9.17) is 14.2 Å². The lowest BCUT2D eigenvalue weighted by Crippen LogP contribution is -2.51. The second-order valence-corrected chi connectivity index (χ2v) is 15.1. The normalized spacial score (nSPS) is 30.5. The average molecular weight is 636 g/mol. The predicted molar refractivity (Wildman–Crippen MR) is 169 cm³/mol. The number of aliphatic hydroxyl groups excluding tert-OH is 1. The Kier molecular flexibility index (Phi) is 10.7. The van der Waals surface area contributed by atoms with Gasteiger partial charge in [0, 0.05) is 23.9 Å². The zero-order valence-corrected chi connectivity index (χ0v) is 28.2. The van der Waals surface area contributed by atoms with Crippen LogP contribution in [0.5, 0.6) is 5.75 Å². The minimum atomic E-state index is -0.699. The molecule has 0 spiro atoms. The summed E-state index contributed by atoms with van der Waals surface area (Å²) in [7, 11) is 1.72.